The van der Waals surface area contributed by atoms with Gasteiger partial charge in [-0.25, -0.2) is 0 Å². The molecule has 18 heavy (non-hydrogen) atoms. The quantitative estimate of drug-likeness (QED) is 0.687. The van der Waals surface area contributed by atoms with E-state index in [0.717, 1.165) is 12.8 Å². The molecule has 2 rings (SSSR count). The molecule has 0 aliphatic carbocycles. The van der Waals surface area contributed by atoms with Gasteiger partial charge in [0.25, 0.3) is 0 Å². The summed E-state index contributed by atoms with van der Waals surface area (Å²) in [5.74, 6) is 0.687. The molecule has 0 heterocycles. The lowest BCUT2D eigenvalue weighted by atomic mass is 9.98. The van der Waals surface area contributed by atoms with Gasteiger partial charge in [0.2, 0.25) is 0 Å². The van der Waals surface area contributed by atoms with Crippen LogP contribution in [0.1, 0.15) is 24.5 Å². The van der Waals surface area contributed by atoms with Crippen LogP contribution in [0.5, 0.6) is 0 Å². The van der Waals surface area contributed by atoms with Gasteiger partial charge in [0, 0.05) is 0 Å². The minimum atomic E-state index is 0.687. The van der Waals surface area contributed by atoms with Gasteiger partial charge in [-0.3, -0.25) is 0 Å². The summed E-state index contributed by atoms with van der Waals surface area (Å²) in [6, 6.07) is 21.2. The van der Waals surface area contributed by atoms with Gasteiger partial charge < -0.3 is 0 Å². The Hall–Kier alpha value is -1.82. The molecule has 92 valence electrons. The van der Waals surface area contributed by atoms with Crippen molar-refractivity contribution >= 4 is 6.08 Å². The Labute approximate surface area is 110 Å². The first-order valence-corrected chi connectivity index (χ1v) is 6.60. The van der Waals surface area contributed by atoms with Gasteiger partial charge in [0.15, 0.2) is 0 Å². The maximum atomic E-state index is 2.31. The minimum Gasteiger partial charge on any atom is -0.0837 e. The summed E-state index contributed by atoms with van der Waals surface area (Å²) in [7, 11) is 0. The van der Waals surface area contributed by atoms with E-state index in [1.807, 2.05) is 0 Å². The van der Waals surface area contributed by atoms with Gasteiger partial charge in [-0.2, -0.15) is 0 Å². The first kappa shape index (κ1) is 12.6. The van der Waals surface area contributed by atoms with E-state index in [2.05, 4.69) is 79.7 Å². The van der Waals surface area contributed by atoms with Crippen LogP contribution in [0.25, 0.3) is 6.08 Å². The van der Waals surface area contributed by atoms with Crippen LogP contribution in [-0.2, 0) is 6.42 Å². The maximum absolute atomic E-state index is 2.31. The molecule has 0 amide bonds. The smallest absolute Gasteiger partial charge is 0.0250 e. The highest BCUT2D eigenvalue weighted by Crippen LogP contribution is 2.13. The highest BCUT2D eigenvalue weighted by atomic mass is 14.1. The third-order valence-electron chi connectivity index (χ3n) is 3.08. The molecule has 2 aromatic carbocycles. The van der Waals surface area contributed by atoms with E-state index < -0.39 is 0 Å². The van der Waals surface area contributed by atoms with Crippen molar-refractivity contribution in [1.29, 1.82) is 0 Å². The molecule has 0 heteroatoms. The van der Waals surface area contributed by atoms with E-state index in [9.17, 15) is 0 Å². The van der Waals surface area contributed by atoms with Crippen LogP contribution >= 0.6 is 0 Å². The molecule has 0 fully saturated rings. The van der Waals surface area contributed by atoms with Crippen molar-refractivity contribution < 1.29 is 0 Å². The van der Waals surface area contributed by atoms with Crippen LogP contribution in [0.4, 0.5) is 0 Å². The average molecular weight is 236 g/mol. The molecule has 0 aliphatic rings. The Morgan fingerprint density at radius 2 is 1.50 bits per heavy atom. The van der Waals surface area contributed by atoms with Crippen LogP contribution in [0.2, 0.25) is 0 Å². The maximum Gasteiger partial charge on any atom is -0.0250 e. The van der Waals surface area contributed by atoms with Crippen molar-refractivity contribution in [2.75, 3.05) is 0 Å². The molecule has 0 spiro atoms. The summed E-state index contributed by atoms with van der Waals surface area (Å²) >= 11 is 0. The average Bonchev–Trinajstić information content (AvgIpc) is 2.41. The standard InChI is InChI=1S/C18H20/c1-16(15-18-12-6-3-7-13-18)9-8-14-17-10-4-2-5-11-17/h2-8,10-14,16H,9,15H2,1H3/b14-8+. The van der Waals surface area contributed by atoms with Crippen LogP contribution in [0.15, 0.2) is 66.7 Å². The predicted octanol–water partition coefficient (Wildman–Crippen LogP) is 4.97. The molecule has 0 radical (unpaired) electrons. The van der Waals surface area contributed by atoms with E-state index in [1.54, 1.807) is 0 Å². The van der Waals surface area contributed by atoms with Crippen LogP contribution in [-0.4, -0.2) is 0 Å². The lowest BCUT2D eigenvalue weighted by Gasteiger charge is -2.08. The second-order valence-corrected chi connectivity index (χ2v) is 4.84. The first-order valence-electron chi connectivity index (χ1n) is 6.60. The minimum absolute atomic E-state index is 0.687. The van der Waals surface area contributed by atoms with E-state index >= 15 is 0 Å². The van der Waals surface area contributed by atoms with E-state index in [-0.39, 0.29) is 0 Å². The predicted molar refractivity (Wildman–Crippen MR) is 79.4 cm³/mol. The zero-order valence-electron chi connectivity index (χ0n) is 10.9. The molecule has 0 aromatic heterocycles. The fourth-order valence-corrected chi connectivity index (χ4v) is 2.10. The summed E-state index contributed by atoms with van der Waals surface area (Å²) in [6.45, 7) is 2.31. The third-order valence-corrected chi connectivity index (χ3v) is 3.08. The Morgan fingerprint density at radius 3 is 2.17 bits per heavy atom. The monoisotopic (exact) mass is 236 g/mol. The molecular formula is C18H20. The molecule has 0 N–H and O–H groups in total. The number of allylic oxidation sites excluding steroid dienone is 1. The fourth-order valence-electron chi connectivity index (χ4n) is 2.10. The van der Waals surface area contributed by atoms with Crippen LogP contribution in [0.3, 0.4) is 0 Å². The Kier molecular flexibility index (Phi) is 4.78. The molecule has 0 bridgehead atoms. The molecule has 0 nitrogen and oxygen atoms in total. The number of rotatable bonds is 5. The summed E-state index contributed by atoms with van der Waals surface area (Å²) in [4.78, 5) is 0. The van der Waals surface area contributed by atoms with Gasteiger partial charge in [0.05, 0.1) is 0 Å². The summed E-state index contributed by atoms with van der Waals surface area (Å²) in [5.41, 5.74) is 2.71. The van der Waals surface area contributed by atoms with Crippen molar-refractivity contribution in [1.82, 2.24) is 0 Å². The second kappa shape index (κ2) is 6.80. The van der Waals surface area contributed by atoms with Crippen molar-refractivity contribution in [2.24, 2.45) is 5.92 Å². The van der Waals surface area contributed by atoms with Crippen molar-refractivity contribution in [3.05, 3.63) is 77.9 Å². The second-order valence-electron chi connectivity index (χ2n) is 4.84. The van der Waals surface area contributed by atoms with Gasteiger partial charge in [0.1, 0.15) is 0 Å². The molecule has 0 saturated carbocycles. The number of hydrogen-bond donors (Lipinski definition) is 0. The SMILES string of the molecule is CC(C/C=C/c1ccccc1)Cc1ccccc1. The zero-order valence-corrected chi connectivity index (χ0v) is 10.9. The van der Waals surface area contributed by atoms with Gasteiger partial charge in [-0.1, -0.05) is 79.7 Å². The molecule has 0 saturated heterocycles. The van der Waals surface area contributed by atoms with E-state index in [4.69, 9.17) is 0 Å². The third kappa shape index (κ3) is 4.21. The Bertz CT molecular complexity index is 468. The van der Waals surface area contributed by atoms with Crippen LogP contribution < -0.4 is 0 Å². The summed E-state index contributed by atoms with van der Waals surface area (Å²) in [6.07, 6.45) is 6.77. The molecule has 2 aromatic rings. The Morgan fingerprint density at radius 1 is 0.889 bits per heavy atom. The molecular weight excluding hydrogens is 216 g/mol. The zero-order chi connectivity index (χ0) is 12.6. The molecule has 1 atom stereocenters. The number of hydrogen-bond acceptors (Lipinski definition) is 0. The van der Waals surface area contributed by atoms with Crippen LogP contribution in [0, 0.1) is 5.92 Å². The first-order chi connectivity index (χ1) is 8.84. The lowest BCUT2D eigenvalue weighted by Crippen LogP contribution is -1.97. The highest BCUT2D eigenvalue weighted by Gasteiger charge is 2.00. The normalized spacial score (nSPS) is 12.7. The largest absolute Gasteiger partial charge is 0.0837 e. The summed E-state index contributed by atoms with van der Waals surface area (Å²) in [5, 5.41) is 0. The molecule has 1 unspecified atom stereocenters. The van der Waals surface area contributed by atoms with E-state index in [1.165, 1.54) is 11.1 Å². The molecule has 0 aliphatic heterocycles. The number of benzene rings is 2. The Balaban J connectivity index is 1.82. The van der Waals surface area contributed by atoms with E-state index in [0.29, 0.717) is 5.92 Å². The van der Waals surface area contributed by atoms with Gasteiger partial charge >= 0.3 is 0 Å². The topological polar surface area (TPSA) is 0 Å². The highest BCUT2D eigenvalue weighted by molar-refractivity contribution is 5.48. The summed E-state index contributed by atoms with van der Waals surface area (Å²) < 4.78 is 0. The van der Waals surface area contributed by atoms with Crippen molar-refractivity contribution in [3.63, 3.8) is 0 Å². The lowest BCUT2D eigenvalue weighted by molar-refractivity contribution is 0.591. The van der Waals surface area contributed by atoms with Crippen molar-refractivity contribution in [2.45, 2.75) is 19.8 Å². The fraction of sp³-hybridized carbons (Fsp3) is 0.222. The van der Waals surface area contributed by atoms with Gasteiger partial charge in [-0.15, -0.1) is 0 Å². The van der Waals surface area contributed by atoms with Gasteiger partial charge in [-0.05, 0) is 29.9 Å². The van der Waals surface area contributed by atoms with Crippen molar-refractivity contribution in [3.8, 4) is 0 Å².